The molecule has 12 nitrogen and oxygen atoms in total. The van der Waals surface area contributed by atoms with E-state index in [1.807, 2.05) is 6.92 Å². The lowest BCUT2D eigenvalue weighted by molar-refractivity contribution is -0.150. The Labute approximate surface area is 187 Å². The second kappa shape index (κ2) is 9.56. The highest BCUT2D eigenvalue weighted by Crippen LogP contribution is 2.41. The molecule has 1 aromatic heterocycles. The van der Waals surface area contributed by atoms with Crippen LogP contribution in [-0.4, -0.2) is 90.8 Å². The molecule has 0 unspecified atom stereocenters. The fraction of sp³-hybridized carbons (Fsp3) is 0.625. The molecule has 2 aliphatic heterocycles. The summed E-state index contributed by atoms with van der Waals surface area (Å²) in [6, 6.07) is -0.953. The Kier molecular flexibility index (Phi) is 7.26. The number of nitrogens with one attached hydrogen (secondary N) is 1. The fourth-order valence-corrected chi connectivity index (χ4v) is 6.83. The van der Waals surface area contributed by atoms with E-state index >= 15 is 0 Å². The van der Waals surface area contributed by atoms with E-state index in [9.17, 15) is 27.9 Å². The third-order valence-electron chi connectivity index (χ3n) is 4.68. The summed E-state index contributed by atoms with van der Waals surface area (Å²) in [5, 5.41) is 23.1. The summed E-state index contributed by atoms with van der Waals surface area (Å²) in [6.07, 6.45) is 1.15. The second-order valence-electron chi connectivity index (χ2n) is 7.03. The smallest absolute Gasteiger partial charge is 0.352 e. The van der Waals surface area contributed by atoms with Crippen molar-refractivity contribution in [2.75, 3.05) is 23.0 Å². The van der Waals surface area contributed by atoms with Gasteiger partial charge in [-0.2, -0.15) is 0 Å². The standard InChI is InChI=1S/C16H22N6O6S3/c1-3-4-5-31(27,28)8-10(23)17-11-13(24)22-12(15(25)26)9(6-29-14(11)22)7-30-16-18-19-20-21(16)2/h11,14H,3-8H2,1-2H3,(H,17,23)(H,25,26)/t11-,14-/m1/s1. The summed E-state index contributed by atoms with van der Waals surface area (Å²) in [4.78, 5) is 37.8. The summed E-state index contributed by atoms with van der Waals surface area (Å²) >= 11 is 2.57. The van der Waals surface area contributed by atoms with Crippen LogP contribution in [0.25, 0.3) is 0 Å². The first kappa shape index (κ1) is 23.5. The minimum atomic E-state index is -3.55. The zero-order valence-electron chi connectivity index (χ0n) is 16.8. The molecule has 2 amide bonds. The molecule has 3 rings (SSSR count). The molecule has 31 heavy (non-hydrogen) atoms. The normalized spacial score (nSPS) is 21.0. The van der Waals surface area contributed by atoms with Crippen LogP contribution in [0.4, 0.5) is 0 Å². The van der Waals surface area contributed by atoms with Crippen molar-refractivity contribution in [1.82, 2.24) is 30.4 Å². The van der Waals surface area contributed by atoms with Crippen LogP contribution in [0.1, 0.15) is 19.8 Å². The summed E-state index contributed by atoms with van der Waals surface area (Å²) < 4.78 is 25.4. The Balaban J connectivity index is 1.67. The van der Waals surface area contributed by atoms with Crippen molar-refractivity contribution >= 4 is 51.1 Å². The highest BCUT2D eigenvalue weighted by Gasteiger charge is 2.54. The molecule has 0 saturated carbocycles. The minimum Gasteiger partial charge on any atom is -0.477 e. The van der Waals surface area contributed by atoms with Gasteiger partial charge in [0.05, 0.1) is 5.75 Å². The van der Waals surface area contributed by atoms with Gasteiger partial charge in [-0.15, -0.1) is 16.9 Å². The zero-order valence-corrected chi connectivity index (χ0v) is 19.3. The van der Waals surface area contributed by atoms with Crippen molar-refractivity contribution in [3.05, 3.63) is 11.3 Å². The van der Waals surface area contributed by atoms with Crippen molar-refractivity contribution < 1.29 is 27.9 Å². The average molecular weight is 491 g/mol. The Bertz CT molecular complexity index is 1020. The van der Waals surface area contributed by atoms with Gasteiger partial charge in [0.15, 0.2) is 9.84 Å². The van der Waals surface area contributed by atoms with Gasteiger partial charge in [-0.05, 0) is 22.4 Å². The number of carbonyl (C=O) groups is 3. The van der Waals surface area contributed by atoms with E-state index in [1.165, 1.54) is 28.2 Å². The Morgan fingerprint density at radius 3 is 2.74 bits per heavy atom. The molecule has 2 aliphatic rings. The Morgan fingerprint density at radius 2 is 2.13 bits per heavy atom. The number of aliphatic carboxylic acids is 1. The van der Waals surface area contributed by atoms with Crippen molar-refractivity contribution in [1.29, 1.82) is 0 Å². The minimum absolute atomic E-state index is 0.0895. The van der Waals surface area contributed by atoms with Crippen molar-refractivity contribution in [2.24, 2.45) is 7.05 Å². The van der Waals surface area contributed by atoms with E-state index in [0.717, 1.165) is 4.90 Å². The van der Waals surface area contributed by atoms with Gasteiger partial charge in [-0.1, -0.05) is 25.1 Å². The number of aryl methyl sites for hydroxylation is 1. The van der Waals surface area contributed by atoms with E-state index in [2.05, 4.69) is 20.8 Å². The molecule has 1 aromatic rings. The molecule has 170 valence electrons. The third-order valence-corrected chi connectivity index (χ3v) is 8.73. The number of amides is 2. The van der Waals surface area contributed by atoms with Crippen molar-refractivity contribution in [2.45, 2.75) is 36.3 Å². The van der Waals surface area contributed by atoms with Crippen LogP contribution in [0.3, 0.4) is 0 Å². The van der Waals surface area contributed by atoms with Gasteiger partial charge in [0, 0.05) is 18.6 Å². The highest BCUT2D eigenvalue weighted by molar-refractivity contribution is 8.01. The Morgan fingerprint density at radius 1 is 1.39 bits per heavy atom. The molecule has 2 N–H and O–H groups in total. The van der Waals surface area contributed by atoms with Crippen molar-refractivity contribution in [3.8, 4) is 0 Å². The number of carboxylic acids is 1. The van der Waals surface area contributed by atoms with E-state index in [0.29, 0.717) is 29.3 Å². The number of hydrogen-bond donors (Lipinski definition) is 2. The second-order valence-corrected chi connectivity index (χ2v) is 11.3. The first-order valence-electron chi connectivity index (χ1n) is 9.39. The molecule has 1 saturated heterocycles. The zero-order chi connectivity index (χ0) is 22.8. The molecule has 1 fully saturated rings. The largest absolute Gasteiger partial charge is 0.477 e. The van der Waals surface area contributed by atoms with Gasteiger partial charge in [-0.3, -0.25) is 14.5 Å². The maximum absolute atomic E-state index is 12.6. The summed E-state index contributed by atoms with van der Waals surface area (Å²) in [5.74, 6) is -2.72. The lowest BCUT2D eigenvalue weighted by Gasteiger charge is -2.49. The molecule has 0 aliphatic carbocycles. The maximum atomic E-state index is 12.6. The average Bonchev–Trinajstić information content (AvgIpc) is 3.12. The quantitative estimate of drug-likeness (QED) is 0.313. The fourth-order valence-electron chi connectivity index (χ4n) is 3.14. The number of rotatable bonds is 10. The van der Waals surface area contributed by atoms with E-state index in [-0.39, 0.29) is 17.2 Å². The molecule has 0 bridgehead atoms. The van der Waals surface area contributed by atoms with Crippen LogP contribution in [0.5, 0.6) is 0 Å². The van der Waals surface area contributed by atoms with Crippen molar-refractivity contribution in [3.63, 3.8) is 0 Å². The van der Waals surface area contributed by atoms with Gasteiger partial charge in [0.1, 0.15) is 22.9 Å². The number of β-lactam (4-membered cyclic amide) rings is 1. The molecular formula is C16H22N6O6S3. The molecule has 0 spiro atoms. The van der Waals surface area contributed by atoms with Crippen LogP contribution in [0, 0.1) is 0 Å². The third kappa shape index (κ3) is 5.20. The van der Waals surface area contributed by atoms with E-state index in [4.69, 9.17) is 0 Å². The number of unbranched alkanes of at least 4 members (excludes halogenated alkanes) is 1. The lowest BCUT2D eigenvalue weighted by atomic mass is 10.0. The summed E-state index contributed by atoms with van der Waals surface area (Å²) in [6.45, 7) is 1.85. The van der Waals surface area contributed by atoms with Crippen LogP contribution in [-0.2, 0) is 31.3 Å². The maximum Gasteiger partial charge on any atom is 0.352 e. The van der Waals surface area contributed by atoms with E-state index in [1.54, 1.807) is 7.05 Å². The number of aromatic nitrogens is 4. The molecule has 3 heterocycles. The summed E-state index contributed by atoms with van der Waals surface area (Å²) in [7, 11) is -1.89. The number of tetrazole rings is 1. The monoisotopic (exact) mass is 490 g/mol. The molecule has 0 aromatic carbocycles. The van der Waals surface area contributed by atoms with Gasteiger partial charge in [0.2, 0.25) is 11.1 Å². The van der Waals surface area contributed by atoms with Crippen LogP contribution in [0.2, 0.25) is 0 Å². The van der Waals surface area contributed by atoms with Gasteiger partial charge < -0.3 is 10.4 Å². The molecule has 2 atom stereocenters. The van der Waals surface area contributed by atoms with Gasteiger partial charge in [0.25, 0.3) is 5.91 Å². The molecule has 0 radical (unpaired) electrons. The number of fused-ring (bicyclic) bond motifs is 1. The van der Waals surface area contributed by atoms with Gasteiger partial charge in [-0.25, -0.2) is 17.9 Å². The topological polar surface area (TPSA) is 164 Å². The molecular weight excluding hydrogens is 468 g/mol. The van der Waals surface area contributed by atoms with Gasteiger partial charge >= 0.3 is 5.97 Å². The van der Waals surface area contributed by atoms with Crippen LogP contribution in [0.15, 0.2) is 16.4 Å². The predicted molar refractivity (Wildman–Crippen MR) is 113 cm³/mol. The first-order valence-corrected chi connectivity index (χ1v) is 13.2. The number of nitrogens with zero attached hydrogens (tertiary/aromatic N) is 5. The summed E-state index contributed by atoms with van der Waals surface area (Å²) in [5.41, 5.74) is 0.430. The van der Waals surface area contributed by atoms with Crippen LogP contribution < -0.4 is 5.32 Å². The number of sulfone groups is 1. The number of carboxylic acid groups (broad SMARTS) is 1. The number of thioether (sulfide) groups is 2. The molecule has 15 heteroatoms. The van der Waals surface area contributed by atoms with E-state index < -0.39 is 44.8 Å². The number of carbonyl (C=O) groups excluding carboxylic acids is 2. The Hall–Kier alpha value is -2.13. The SMILES string of the molecule is CCCCS(=O)(=O)CC(=O)N[C@@H]1C(=O)N2C(C(=O)O)=C(CSc3nnnn3C)CS[C@H]12. The lowest BCUT2D eigenvalue weighted by Crippen LogP contribution is -2.71. The first-order chi connectivity index (χ1) is 14.6. The number of hydrogen-bond acceptors (Lipinski definition) is 10. The predicted octanol–water partition coefficient (Wildman–Crippen LogP) is -0.744. The van der Waals surface area contributed by atoms with Crippen LogP contribution >= 0.6 is 23.5 Å². The highest BCUT2D eigenvalue weighted by atomic mass is 32.2.